The topological polar surface area (TPSA) is 83.8 Å². The number of hydrogen-bond donors (Lipinski definition) is 2. The van der Waals surface area contributed by atoms with Crippen LogP contribution in [-0.4, -0.2) is 40.3 Å². The van der Waals surface area contributed by atoms with Crippen LogP contribution in [0.5, 0.6) is 0 Å². The zero-order valence-corrected chi connectivity index (χ0v) is 11.5. The largest absolute Gasteiger partial charge is 0.454 e. The van der Waals surface area contributed by atoms with E-state index in [1.807, 2.05) is 0 Å². The van der Waals surface area contributed by atoms with Gasteiger partial charge in [-0.1, -0.05) is 12.2 Å². The zero-order valence-electron chi connectivity index (χ0n) is 11.5. The van der Waals surface area contributed by atoms with E-state index in [4.69, 9.17) is 4.74 Å². The van der Waals surface area contributed by atoms with Gasteiger partial charge >= 0.3 is 5.97 Å². The first-order valence-corrected chi connectivity index (χ1v) is 6.47. The summed E-state index contributed by atoms with van der Waals surface area (Å²) in [5.74, 6) is -1.90. The van der Waals surface area contributed by atoms with Gasteiger partial charge in [0.2, 0.25) is 0 Å². The normalized spacial score (nSPS) is 35.1. The van der Waals surface area contributed by atoms with E-state index < -0.39 is 36.0 Å². The molecule has 0 radical (unpaired) electrons. The van der Waals surface area contributed by atoms with E-state index in [9.17, 15) is 19.8 Å². The van der Waals surface area contributed by atoms with Gasteiger partial charge in [0.25, 0.3) is 0 Å². The number of ether oxygens (including phenoxy) is 1. The number of esters is 1. The molecule has 0 aromatic rings. The van der Waals surface area contributed by atoms with E-state index in [1.165, 1.54) is 13.0 Å². The molecule has 1 heterocycles. The molecule has 1 aliphatic carbocycles. The molecule has 4 atom stereocenters. The van der Waals surface area contributed by atoms with E-state index in [-0.39, 0.29) is 11.1 Å². The lowest BCUT2D eigenvalue weighted by atomic mass is 9.85. The molecule has 5 nitrogen and oxygen atoms in total. The number of rotatable bonds is 0. The smallest absolute Gasteiger partial charge is 0.334 e. The van der Waals surface area contributed by atoms with E-state index in [1.54, 1.807) is 13.0 Å². The molecule has 20 heavy (non-hydrogen) atoms. The molecule has 108 valence electrons. The van der Waals surface area contributed by atoms with Gasteiger partial charge in [-0.2, -0.15) is 0 Å². The predicted octanol–water partition coefficient (Wildman–Crippen LogP) is 0.671. The van der Waals surface area contributed by atoms with E-state index in [0.29, 0.717) is 6.42 Å². The van der Waals surface area contributed by atoms with Crippen LogP contribution >= 0.6 is 0 Å². The molecule has 2 aliphatic rings. The Labute approximate surface area is 117 Å². The Morgan fingerprint density at radius 2 is 1.90 bits per heavy atom. The number of ketones is 1. The molecule has 0 bridgehead atoms. The molecular formula is C15H18O5. The van der Waals surface area contributed by atoms with Gasteiger partial charge in [-0.05, 0) is 38.0 Å². The highest BCUT2D eigenvalue weighted by Crippen LogP contribution is 2.33. The fourth-order valence-electron chi connectivity index (χ4n) is 2.62. The number of aliphatic hydroxyl groups is 2. The van der Waals surface area contributed by atoms with Crippen molar-refractivity contribution in [1.29, 1.82) is 0 Å². The Morgan fingerprint density at radius 1 is 1.25 bits per heavy atom. The minimum absolute atomic E-state index is 0.105. The van der Waals surface area contributed by atoms with Gasteiger partial charge in [-0.3, -0.25) is 4.79 Å². The average molecular weight is 278 g/mol. The van der Waals surface area contributed by atoms with E-state index in [0.717, 1.165) is 5.57 Å². The van der Waals surface area contributed by atoms with Crippen molar-refractivity contribution in [3.63, 3.8) is 0 Å². The van der Waals surface area contributed by atoms with Crippen molar-refractivity contribution in [3.05, 3.63) is 35.5 Å². The Bertz CT molecular complexity index is 528. The van der Waals surface area contributed by atoms with Gasteiger partial charge in [0, 0.05) is 5.57 Å². The Morgan fingerprint density at radius 3 is 2.55 bits per heavy atom. The average Bonchev–Trinajstić information content (AvgIpc) is 2.61. The van der Waals surface area contributed by atoms with Crippen LogP contribution in [0.1, 0.15) is 20.3 Å². The fourth-order valence-corrected chi connectivity index (χ4v) is 2.62. The number of carbonyl (C=O) groups is 2. The van der Waals surface area contributed by atoms with Gasteiger partial charge in [0.1, 0.15) is 12.2 Å². The maximum atomic E-state index is 12.1. The molecule has 1 aliphatic heterocycles. The number of carbonyl (C=O) groups excluding carboxylic acids is 2. The summed E-state index contributed by atoms with van der Waals surface area (Å²) in [7, 11) is 0. The van der Waals surface area contributed by atoms with Crippen LogP contribution in [0.2, 0.25) is 0 Å². The molecule has 4 unspecified atom stereocenters. The molecule has 0 saturated carbocycles. The van der Waals surface area contributed by atoms with Crippen LogP contribution in [0.15, 0.2) is 35.5 Å². The molecule has 0 spiro atoms. The number of aliphatic hydroxyl groups excluding tert-OH is 2. The zero-order chi connectivity index (χ0) is 15.0. The fraction of sp³-hybridized carbons (Fsp3) is 0.467. The van der Waals surface area contributed by atoms with Crippen LogP contribution in [0.25, 0.3) is 0 Å². The first kappa shape index (κ1) is 14.7. The van der Waals surface area contributed by atoms with Gasteiger partial charge in [0.05, 0.1) is 12.0 Å². The molecule has 0 aromatic carbocycles. The molecule has 1 fully saturated rings. The number of Topliss-reactive ketones (excluding diaryl/α,β-unsaturated/α-hetero) is 1. The predicted molar refractivity (Wildman–Crippen MR) is 71.7 cm³/mol. The first-order valence-electron chi connectivity index (χ1n) is 6.47. The van der Waals surface area contributed by atoms with Crippen LogP contribution < -0.4 is 0 Å². The highest BCUT2D eigenvalue weighted by atomic mass is 16.6. The minimum Gasteiger partial charge on any atom is -0.454 e. The summed E-state index contributed by atoms with van der Waals surface area (Å²) >= 11 is 0. The lowest BCUT2D eigenvalue weighted by molar-refractivity contribution is -0.138. The van der Waals surface area contributed by atoms with Gasteiger partial charge in [-0.25, -0.2) is 4.79 Å². The second-order valence-electron chi connectivity index (χ2n) is 5.36. The summed E-state index contributed by atoms with van der Waals surface area (Å²) in [4.78, 5) is 23.7. The highest BCUT2D eigenvalue weighted by Gasteiger charge is 2.44. The summed E-state index contributed by atoms with van der Waals surface area (Å²) in [6.45, 7) is 6.94. The molecular weight excluding hydrogens is 260 g/mol. The standard InChI is InChI=1S/C15H18O5/c1-7-4-10(16)6-8(2)13(17)14(18)12-9(3)15(19)20-11(12)5-7/h5-6,10-12,14,16,18H,3-4H2,1-2H3. The molecule has 0 aromatic heterocycles. The quantitative estimate of drug-likeness (QED) is 0.386. The van der Waals surface area contributed by atoms with Crippen molar-refractivity contribution in [2.75, 3.05) is 0 Å². The summed E-state index contributed by atoms with van der Waals surface area (Å²) in [5.41, 5.74) is 1.19. The van der Waals surface area contributed by atoms with Crippen LogP contribution in [0.4, 0.5) is 0 Å². The third kappa shape index (κ3) is 2.59. The van der Waals surface area contributed by atoms with Crippen molar-refractivity contribution in [2.45, 2.75) is 38.6 Å². The molecule has 2 rings (SSSR count). The highest BCUT2D eigenvalue weighted by molar-refractivity contribution is 6.01. The minimum atomic E-state index is -1.40. The second kappa shape index (κ2) is 5.34. The van der Waals surface area contributed by atoms with Crippen molar-refractivity contribution in [1.82, 2.24) is 0 Å². The maximum absolute atomic E-state index is 12.1. The van der Waals surface area contributed by atoms with Crippen LogP contribution in [-0.2, 0) is 14.3 Å². The molecule has 2 N–H and O–H groups in total. The molecule has 0 amide bonds. The lowest BCUT2D eigenvalue weighted by Gasteiger charge is -2.22. The molecule has 1 saturated heterocycles. The Balaban J connectivity index is 2.46. The summed E-state index contributed by atoms with van der Waals surface area (Å²) in [6, 6.07) is 0. The van der Waals surface area contributed by atoms with Crippen molar-refractivity contribution in [2.24, 2.45) is 5.92 Å². The van der Waals surface area contributed by atoms with Gasteiger partial charge in [0.15, 0.2) is 5.78 Å². The Kier molecular flexibility index (Phi) is 3.92. The van der Waals surface area contributed by atoms with E-state index in [2.05, 4.69) is 6.58 Å². The Hall–Kier alpha value is -1.72. The van der Waals surface area contributed by atoms with Crippen LogP contribution in [0, 0.1) is 5.92 Å². The number of hydrogen-bond acceptors (Lipinski definition) is 5. The third-order valence-electron chi connectivity index (χ3n) is 3.68. The summed E-state index contributed by atoms with van der Waals surface area (Å²) in [6.07, 6.45) is 0.503. The SMILES string of the molecule is C=C1C(=O)OC2C=C(C)CC(O)C=C(C)C(=O)C(O)C12. The maximum Gasteiger partial charge on any atom is 0.334 e. The number of fused-ring (bicyclic) bond motifs is 1. The van der Waals surface area contributed by atoms with E-state index >= 15 is 0 Å². The summed E-state index contributed by atoms with van der Waals surface area (Å²) in [5, 5.41) is 20.1. The van der Waals surface area contributed by atoms with Gasteiger partial charge < -0.3 is 14.9 Å². The summed E-state index contributed by atoms with van der Waals surface area (Å²) < 4.78 is 5.14. The first-order chi connectivity index (χ1) is 9.31. The van der Waals surface area contributed by atoms with Gasteiger partial charge in [-0.15, -0.1) is 0 Å². The lowest BCUT2D eigenvalue weighted by Crippen LogP contribution is -2.36. The monoisotopic (exact) mass is 278 g/mol. The van der Waals surface area contributed by atoms with Crippen molar-refractivity contribution >= 4 is 11.8 Å². The molecule has 5 heteroatoms. The second-order valence-corrected chi connectivity index (χ2v) is 5.36. The van der Waals surface area contributed by atoms with Crippen LogP contribution in [0.3, 0.4) is 0 Å². The third-order valence-corrected chi connectivity index (χ3v) is 3.68. The van der Waals surface area contributed by atoms with Crippen molar-refractivity contribution < 1.29 is 24.5 Å². The van der Waals surface area contributed by atoms with Crippen molar-refractivity contribution in [3.8, 4) is 0 Å².